The molecule has 2 aromatic rings. The Balaban J connectivity index is 2.57. The molecule has 0 saturated heterocycles. The van der Waals surface area contributed by atoms with Crippen LogP contribution in [0.1, 0.15) is 5.56 Å². The molecule has 0 aliphatic heterocycles. The summed E-state index contributed by atoms with van der Waals surface area (Å²) in [5.41, 5.74) is 1.09. The van der Waals surface area contributed by atoms with Crippen LogP contribution >= 0.6 is 11.5 Å². The molecule has 0 atom stereocenters. The van der Waals surface area contributed by atoms with Crippen molar-refractivity contribution in [1.29, 1.82) is 0 Å². The fourth-order valence-electron chi connectivity index (χ4n) is 1.16. The van der Waals surface area contributed by atoms with E-state index in [1.807, 2.05) is 24.4 Å². The van der Waals surface area contributed by atoms with Crippen LogP contribution in [0.25, 0.3) is 10.1 Å². The maximum Gasteiger partial charge on any atom is 0.0944 e. The number of hydrogen-bond donors (Lipinski definition) is 1. The number of nitrogens with zero attached hydrogens (tertiary/aromatic N) is 1. The van der Waals surface area contributed by atoms with Crippen LogP contribution in [0, 0.1) is 0 Å². The average molecular weight is 180 g/mol. The zero-order valence-electron chi connectivity index (χ0n) is 6.36. The van der Waals surface area contributed by atoms with E-state index >= 15 is 0 Å². The molecule has 12 heavy (non-hydrogen) atoms. The lowest BCUT2D eigenvalue weighted by atomic mass is 10.2. The Morgan fingerprint density at radius 3 is 3.25 bits per heavy atom. The van der Waals surface area contributed by atoms with Gasteiger partial charge in [0, 0.05) is 11.6 Å². The molecule has 0 aliphatic carbocycles. The molecule has 2 rings (SSSR count). The summed E-state index contributed by atoms with van der Waals surface area (Å²) in [4.78, 5) is 4.58. The van der Waals surface area contributed by atoms with E-state index in [1.54, 1.807) is 0 Å². The van der Waals surface area contributed by atoms with Gasteiger partial charge in [-0.25, -0.2) is 5.90 Å². The van der Waals surface area contributed by atoms with Crippen molar-refractivity contribution in [3.8, 4) is 0 Å². The lowest BCUT2D eigenvalue weighted by Gasteiger charge is -1.98. The van der Waals surface area contributed by atoms with E-state index < -0.39 is 0 Å². The highest BCUT2D eigenvalue weighted by Crippen LogP contribution is 2.22. The third-order valence-corrected chi connectivity index (χ3v) is 2.59. The summed E-state index contributed by atoms with van der Waals surface area (Å²) in [5.74, 6) is 5.00. The number of nitrogens with two attached hydrogens (primary N) is 1. The van der Waals surface area contributed by atoms with Crippen molar-refractivity contribution in [2.24, 2.45) is 5.90 Å². The van der Waals surface area contributed by atoms with Gasteiger partial charge in [-0.2, -0.15) is 4.37 Å². The zero-order valence-corrected chi connectivity index (χ0v) is 7.17. The molecule has 62 valence electrons. The first-order valence-corrected chi connectivity index (χ1v) is 4.33. The third kappa shape index (κ3) is 1.20. The first-order chi connectivity index (χ1) is 5.92. The Morgan fingerprint density at radius 1 is 1.50 bits per heavy atom. The SMILES string of the molecule is NOCc1cccc2cnsc12. The van der Waals surface area contributed by atoms with E-state index in [0.717, 1.165) is 15.6 Å². The number of fused-ring (bicyclic) bond motifs is 1. The highest BCUT2D eigenvalue weighted by molar-refractivity contribution is 7.13. The Morgan fingerprint density at radius 2 is 2.42 bits per heavy atom. The summed E-state index contributed by atoms with van der Waals surface area (Å²) in [6.45, 7) is 0.444. The van der Waals surface area contributed by atoms with Gasteiger partial charge >= 0.3 is 0 Å². The Hall–Kier alpha value is -0.970. The molecule has 0 amide bonds. The number of aromatic nitrogens is 1. The fraction of sp³-hybridized carbons (Fsp3) is 0.125. The summed E-state index contributed by atoms with van der Waals surface area (Å²) in [5, 5.41) is 1.15. The number of benzene rings is 1. The van der Waals surface area contributed by atoms with Crippen LogP contribution in [0.15, 0.2) is 24.4 Å². The summed E-state index contributed by atoms with van der Waals surface area (Å²) >= 11 is 1.47. The van der Waals surface area contributed by atoms with Crippen LogP contribution in [-0.2, 0) is 11.4 Å². The van der Waals surface area contributed by atoms with Crippen molar-refractivity contribution in [2.45, 2.75) is 6.61 Å². The third-order valence-electron chi connectivity index (χ3n) is 1.70. The van der Waals surface area contributed by atoms with Crippen molar-refractivity contribution in [1.82, 2.24) is 4.37 Å². The lowest BCUT2D eigenvalue weighted by Crippen LogP contribution is -1.98. The topological polar surface area (TPSA) is 48.1 Å². The second-order valence-electron chi connectivity index (χ2n) is 2.47. The van der Waals surface area contributed by atoms with Crippen LogP contribution in [0.2, 0.25) is 0 Å². The van der Waals surface area contributed by atoms with Crippen LogP contribution in [0.4, 0.5) is 0 Å². The Labute approximate surface area is 73.9 Å². The van der Waals surface area contributed by atoms with Crippen LogP contribution in [-0.4, -0.2) is 4.37 Å². The number of rotatable bonds is 2. The largest absolute Gasteiger partial charge is 0.300 e. The molecule has 0 bridgehead atoms. The van der Waals surface area contributed by atoms with E-state index in [-0.39, 0.29) is 0 Å². The first kappa shape index (κ1) is 7.67. The van der Waals surface area contributed by atoms with Crippen LogP contribution < -0.4 is 5.90 Å². The van der Waals surface area contributed by atoms with Gasteiger partial charge in [-0.05, 0) is 17.1 Å². The lowest BCUT2D eigenvalue weighted by molar-refractivity contribution is 0.125. The van der Waals surface area contributed by atoms with Crippen molar-refractivity contribution >= 4 is 21.6 Å². The second kappa shape index (κ2) is 3.18. The second-order valence-corrected chi connectivity index (χ2v) is 3.27. The summed E-state index contributed by atoms with van der Waals surface area (Å²) in [6.07, 6.45) is 1.85. The molecule has 2 N–H and O–H groups in total. The highest BCUT2D eigenvalue weighted by Gasteiger charge is 2.01. The van der Waals surface area contributed by atoms with Crippen molar-refractivity contribution < 1.29 is 4.84 Å². The molecule has 0 saturated carbocycles. The highest BCUT2D eigenvalue weighted by atomic mass is 32.1. The normalized spacial score (nSPS) is 10.8. The fourth-order valence-corrected chi connectivity index (χ4v) is 1.90. The summed E-state index contributed by atoms with van der Waals surface area (Å²) in [6, 6.07) is 6.00. The van der Waals surface area contributed by atoms with Crippen LogP contribution in [0.5, 0.6) is 0 Å². The monoisotopic (exact) mass is 180 g/mol. The number of hydrogen-bond acceptors (Lipinski definition) is 4. The predicted octanol–water partition coefficient (Wildman–Crippen LogP) is 1.69. The van der Waals surface area contributed by atoms with Gasteiger partial charge in [-0.3, -0.25) is 4.84 Å². The van der Waals surface area contributed by atoms with Gasteiger partial charge in [0.15, 0.2) is 0 Å². The minimum Gasteiger partial charge on any atom is -0.300 e. The molecule has 0 radical (unpaired) electrons. The maximum atomic E-state index is 5.00. The molecule has 0 fully saturated rings. The quantitative estimate of drug-likeness (QED) is 0.715. The van der Waals surface area contributed by atoms with Gasteiger partial charge < -0.3 is 0 Å². The predicted molar refractivity (Wildman–Crippen MR) is 48.6 cm³/mol. The van der Waals surface area contributed by atoms with Gasteiger partial charge in [-0.1, -0.05) is 18.2 Å². The van der Waals surface area contributed by atoms with E-state index in [2.05, 4.69) is 9.21 Å². The molecule has 0 aliphatic rings. The molecule has 0 spiro atoms. The molecular formula is C8H8N2OS. The molecule has 3 nitrogen and oxygen atoms in total. The van der Waals surface area contributed by atoms with Gasteiger partial charge in [-0.15, -0.1) is 0 Å². The smallest absolute Gasteiger partial charge is 0.0944 e. The molecule has 1 heterocycles. The minimum atomic E-state index is 0.444. The maximum absolute atomic E-state index is 5.00. The molecule has 0 unspecified atom stereocenters. The van der Waals surface area contributed by atoms with Gasteiger partial charge in [0.1, 0.15) is 0 Å². The Bertz CT molecular complexity index is 385. The van der Waals surface area contributed by atoms with E-state index in [0.29, 0.717) is 6.61 Å². The molecular weight excluding hydrogens is 172 g/mol. The van der Waals surface area contributed by atoms with Gasteiger partial charge in [0.2, 0.25) is 0 Å². The molecule has 4 heteroatoms. The summed E-state index contributed by atoms with van der Waals surface area (Å²) in [7, 11) is 0. The van der Waals surface area contributed by atoms with E-state index in [4.69, 9.17) is 5.90 Å². The average Bonchev–Trinajstić information content (AvgIpc) is 2.53. The van der Waals surface area contributed by atoms with E-state index in [1.165, 1.54) is 11.5 Å². The minimum absolute atomic E-state index is 0.444. The molecule has 1 aromatic heterocycles. The van der Waals surface area contributed by atoms with Crippen molar-refractivity contribution in [2.75, 3.05) is 0 Å². The van der Waals surface area contributed by atoms with Crippen molar-refractivity contribution in [3.63, 3.8) is 0 Å². The van der Waals surface area contributed by atoms with E-state index in [9.17, 15) is 0 Å². The Kier molecular flexibility index (Phi) is 2.03. The first-order valence-electron chi connectivity index (χ1n) is 3.56. The van der Waals surface area contributed by atoms with Crippen molar-refractivity contribution in [3.05, 3.63) is 30.0 Å². The van der Waals surface area contributed by atoms with Gasteiger partial charge in [0.05, 0.1) is 11.3 Å². The standard InChI is InChI=1S/C8H8N2OS/c9-11-5-7-3-1-2-6-4-10-12-8(6)7/h1-4H,5,9H2. The van der Waals surface area contributed by atoms with Crippen LogP contribution in [0.3, 0.4) is 0 Å². The summed E-state index contributed by atoms with van der Waals surface area (Å²) < 4.78 is 5.25. The molecule has 1 aromatic carbocycles. The van der Waals surface area contributed by atoms with Gasteiger partial charge in [0.25, 0.3) is 0 Å². The zero-order chi connectivity index (χ0) is 8.39.